The Kier molecular flexibility index (Phi) is 6.81. The number of rotatable bonds is 6. The predicted molar refractivity (Wildman–Crippen MR) is 152 cm³/mol. The quantitative estimate of drug-likeness (QED) is 0.391. The molecule has 9 nitrogen and oxygen atoms in total. The third-order valence-electron chi connectivity index (χ3n) is 8.13. The molecule has 2 unspecified atom stereocenters. The summed E-state index contributed by atoms with van der Waals surface area (Å²) >= 11 is 0. The van der Waals surface area contributed by atoms with Crippen molar-refractivity contribution in [3.8, 4) is 0 Å². The van der Waals surface area contributed by atoms with Crippen LogP contribution in [-0.2, 0) is 24.9 Å². The highest BCUT2D eigenvalue weighted by Gasteiger charge is 2.38. The SMILES string of the molecule is Cn1c(=O)n(CC(C)(C)C)c2ccc(C3CCC(C)(C)C(NC(=O)CCn4c(=O)oc5ccccc54)C3)nc21. The van der Waals surface area contributed by atoms with Crippen LogP contribution < -0.4 is 16.8 Å². The summed E-state index contributed by atoms with van der Waals surface area (Å²) in [4.78, 5) is 43.3. The van der Waals surface area contributed by atoms with Gasteiger partial charge in [-0.05, 0) is 54.4 Å². The van der Waals surface area contributed by atoms with Gasteiger partial charge in [-0.2, -0.15) is 0 Å². The van der Waals surface area contributed by atoms with Gasteiger partial charge in [0.1, 0.15) is 0 Å². The number of hydrogen-bond donors (Lipinski definition) is 1. The molecule has 0 saturated heterocycles. The first-order valence-electron chi connectivity index (χ1n) is 13.8. The summed E-state index contributed by atoms with van der Waals surface area (Å²) in [7, 11) is 1.78. The van der Waals surface area contributed by atoms with Crippen LogP contribution in [0.1, 0.15) is 71.9 Å². The number of imidazole rings is 1. The normalized spacial score (nSPS) is 19.5. The Labute approximate surface area is 227 Å². The van der Waals surface area contributed by atoms with E-state index >= 15 is 0 Å². The number of amides is 1. The second-order valence-corrected chi connectivity index (χ2v) is 12.9. The van der Waals surface area contributed by atoms with E-state index in [1.807, 2.05) is 34.9 Å². The van der Waals surface area contributed by atoms with E-state index in [0.717, 1.165) is 30.5 Å². The van der Waals surface area contributed by atoms with E-state index in [1.54, 1.807) is 17.7 Å². The van der Waals surface area contributed by atoms with E-state index in [0.29, 0.717) is 23.3 Å². The second kappa shape index (κ2) is 9.84. The number of fused-ring (bicyclic) bond motifs is 2. The van der Waals surface area contributed by atoms with Crippen LogP contribution in [-0.4, -0.2) is 30.6 Å². The van der Waals surface area contributed by atoms with Gasteiger partial charge in [0.15, 0.2) is 11.2 Å². The largest absolute Gasteiger partial charge is 0.419 e. The number of nitrogens with one attached hydrogen (secondary N) is 1. The van der Waals surface area contributed by atoms with Crippen molar-refractivity contribution in [3.05, 3.63) is 63.1 Å². The number of para-hydroxylation sites is 2. The van der Waals surface area contributed by atoms with Crippen LogP contribution in [0.5, 0.6) is 0 Å². The second-order valence-electron chi connectivity index (χ2n) is 12.9. The standard InChI is InChI=1S/C30H39N5O4/c1-29(2,3)18-35-22-12-11-20(31-26(22)33(6)27(35)37)19-13-15-30(4,5)24(17-19)32-25(36)14-16-34-21-9-7-8-10-23(21)39-28(34)38/h7-12,19,24H,13-18H2,1-6H3,(H,32,36). The van der Waals surface area contributed by atoms with Gasteiger partial charge in [-0.25, -0.2) is 14.6 Å². The van der Waals surface area contributed by atoms with Gasteiger partial charge in [0.05, 0.1) is 11.0 Å². The molecule has 1 N–H and O–H groups in total. The number of carbonyl (C=O) groups excluding carboxylic acids is 1. The fraction of sp³-hybridized carbons (Fsp3) is 0.533. The molecule has 4 aromatic rings. The van der Waals surface area contributed by atoms with Gasteiger partial charge in [-0.15, -0.1) is 0 Å². The zero-order valence-corrected chi connectivity index (χ0v) is 23.8. The Morgan fingerprint density at radius 3 is 2.59 bits per heavy atom. The molecule has 0 bridgehead atoms. The van der Waals surface area contributed by atoms with Gasteiger partial charge in [-0.1, -0.05) is 46.8 Å². The van der Waals surface area contributed by atoms with E-state index in [2.05, 4.69) is 39.9 Å². The van der Waals surface area contributed by atoms with Crippen LogP contribution in [0.2, 0.25) is 0 Å². The van der Waals surface area contributed by atoms with Crippen LogP contribution in [0.25, 0.3) is 22.3 Å². The van der Waals surface area contributed by atoms with Gasteiger partial charge in [0, 0.05) is 44.2 Å². The lowest BCUT2D eigenvalue weighted by atomic mass is 9.68. The van der Waals surface area contributed by atoms with Crippen LogP contribution in [0.15, 0.2) is 50.4 Å². The molecule has 1 saturated carbocycles. The highest BCUT2D eigenvalue weighted by atomic mass is 16.4. The fourth-order valence-corrected chi connectivity index (χ4v) is 5.81. The van der Waals surface area contributed by atoms with E-state index < -0.39 is 5.76 Å². The van der Waals surface area contributed by atoms with Gasteiger partial charge >= 0.3 is 11.4 Å². The molecule has 0 aliphatic heterocycles. The van der Waals surface area contributed by atoms with Crippen molar-refractivity contribution in [2.75, 3.05) is 0 Å². The van der Waals surface area contributed by atoms with E-state index in [9.17, 15) is 14.4 Å². The number of nitrogens with zero attached hydrogens (tertiary/aromatic N) is 4. The molecule has 9 heteroatoms. The Bertz CT molecular complexity index is 1650. The zero-order chi connectivity index (χ0) is 28.1. The molecule has 0 spiro atoms. The molecule has 3 heterocycles. The third-order valence-corrected chi connectivity index (χ3v) is 8.13. The van der Waals surface area contributed by atoms with E-state index in [4.69, 9.17) is 9.40 Å². The molecule has 2 atom stereocenters. The summed E-state index contributed by atoms with van der Waals surface area (Å²) in [6.45, 7) is 11.6. The number of hydrogen-bond acceptors (Lipinski definition) is 5. The number of carbonyl (C=O) groups is 1. The summed E-state index contributed by atoms with van der Waals surface area (Å²) in [6, 6.07) is 11.3. The summed E-state index contributed by atoms with van der Waals surface area (Å²) in [5.74, 6) is -0.362. The van der Waals surface area contributed by atoms with Gasteiger partial charge in [0.2, 0.25) is 5.91 Å². The Morgan fingerprint density at radius 2 is 1.85 bits per heavy atom. The van der Waals surface area contributed by atoms with Gasteiger partial charge < -0.3 is 9.73 Å². The van der Waals surface area contributed by atoms with Crippen LogP contribution >= 0.6 is 0 Å². The first kappa shape index (κ1) is 27.0. The maximum Gasteiger partial charge on any atom is 0.419 e. The minimum absolute atomic E-state index is 0.0321. The highest BCUT2D eigenvalue weighted by Crippen LogP contribution is 2.42. The zero-order valence-electron chi connectivity index (χ0n) is 23.8. The third kappa shape index (κ3) is 5.31. The summed E-state index contributed by atoms with van der Waals surface area (Å²) < 4.78 is 10.3. The first-order valence-corrected chi connectivity index (χ1v) is 13.8. The average molecular weight is 534 g/mol. The summed E-state index contributed by atoms with van der Waals surface area (Å²) in [6.07, 6.45) is 2.86. The van der Waals surface area contributed by atoms with Crippen molar-refractivity contribution in [3.63, 3.8) is 0 Å². The Hall–Kier alpha value is -3.62. The van der Waals surface area contributed by atoms with Gasteiger partial charge in [0.25, 0.3) is 0 Å². The van der Waals surface area contributed by atoms with Gasteiger partial charge in [-0.3, -0.25) is 18.5 Å². The van der Waals surface area contributed by atoms with Crippen LogP contribution in [0.4, 0.5) is 0 Å². The number of oxazole rings is 1. The van der Waals surface area contributed by atoms with Crippen LogP contribution in [0, 0.1) is 10.8 Å². The smallest absolute Gasteiger partial charge is 0.408 e. The van der Waals surface area contributed by atoms with Crippen molar-refractivity contribution in [1.82, 2.24) is 24.0 Å². The van der Waals surface area contributed by atoms with E-state index in [1.165, 1.54) is 4.57 Å². The maximum atomic E-state index is 13.0. The molecule has 1 amide bonds. The van der Waals surface area contributed by atoms with Crippen molar-refractivity contribution in [1.29, 1.82) is 0 Å². The minimum atomic E-state index is -0.450. The molecule has 1 aliphatic carbocycles. The molecular formula is C30H39N5O4. The Morgan fingerprint density at radius 1 is 1.10 bits per heavy atom. The van der Waals surface area contributed by atoms with Crippen molar-refractivity contribution in [2.24, 2.45) is 17.9 Å². The monoisotopic (exact) mass is 533 g/mol. The molecule has 0 radical (unpaired) electrons. The molecule has 1 aromatic carbocycles. The lowest BCUT2D eigenvalue weighted by Gasteiger charge is -2.42. The average Bonchev–Trinajstić information content (AvgIpc) is 3.31. The molecule has 1 fully saturated rings. The van der Waals surface area contributed by atoms with Crippen LogP contribution in [0.3, 0.4) is 0 Å². The highest BCUT2D eigenvalue weighted by molar-refractivity contribution is 5.77. The topological polar surface area (TPSA) is 104 Å². The summed E-state index contributed by atoms with van der Waals surface area (Å²) in [5.41, 5.74) is 3.57. The van der Waals surface area contributed by atoms with Crippen molar-refractivity contribution in [2.45, 2.75) is 85.4 Å². The predicted octanol–water partition coefficient (Wildman–Crippen LogP) is 4.56. The molecule has 5 rings (SSSR count). The molecule has 39 heavy (non-hydrogen) atoms. The maximum absolute atomic E-state index is 13.0. The van der Waals surface area contributed by atoms with E-state index in [-0.39, 0.29) is 47.4 Å². The number of aryl methyl sites for hydroxylation is 2. The minimum Gasteiger partial charge on any atom is -0.408 e. The molecule has 3 aromatic heterocycles. The number of aromatic nitrogens is 4. The van der Waals surface area contributed by atoms with Crippen molar-refractivity contribution < 1.29 is 9.21 Å². The molecular weight excluding hydrogens is 494 g/mol. The lowest BCUT2D eigenvalue weighted by Crippen LogP contribution is -2.48. The lowest BCUT2D eigenvalue weighted by molar-refractivity contribution is -0.123. The Balaban J connectivity index is 1.32. The van der Waals surface area contributed by atoms with Crippen molar-refractivity contribution >= 4 is 28.2 Å². The number of benzene rings is 1. The summed E-state index contributed by atoms with van der Waals surface area (Å²) in [5, 5.41) is 3.25. The first-order chi connectivity index (χ1) is 18.3. The molecule has 1 aliphatic rings. The molecule has 208 valence electrons. The fourth-order valence-electron chi connectivity index (χ4n) is 5.81. The number of pyridine rings is 1.